The van der Waals surface area contributed by atoms with E-state index in [2.05, 4.69) is 43.6 Å². The Balaban J connectivity index is 2.13. The minimum absolute atomic E-state index is 0.349. The largest absolute Gasteiger partial charge is 0.377 e. The second-order valence-corrected chi connectivity index (χ2v) is 5.33. The number of hydrogen-bond acceptors (Lipinski definition) is 3. The van der Waals surface area contributed by atoms with Crippen LogP contribution in [0.15, 0.2) is 17.5 Å². The van der Waals surface area contributed by atoms with Crippen molar-refractivity contribution in [3.63, 3.8) is 0 Å². The van der Waals surface area contributed by atoms with Gasteiger partial charge in [0, 0.05) is 23.9 Å². The van der Waals surface area contributed by atoms with Gasteiger partial charge in [0.2, 0.25) is 0 Å². The Bertz CT molecular complexity index is 259. The summed E-state index contributed by atoms with van der Waals surface area (Å²) in [5.41, 5.74) is 0. The molecule has 16 heavy (non-hydrogen) atoms. The van der Waals surface area contributed by atoms with Crippen molar-refractivity contribution in [2.45, 2.75) is 45.8 Å². The molecule has 0 spiro atoms. The maximum Gasteiger partial charge on any atom is 0.0697 e. The van der Waals surface area contributed by atoms with E-state index in [9.17, 15) is 0 Å². The summed E-state index contributed by atoms with van der Waals surface area (Å²) in [4.78, 5) is 1.41. The normalized spacial score (nSPS) is 13.2. The molecule has 3 heteroatoms. The molecule has 1 atom stereocenters. The fourth-order valence-electron chi connectivity index (χ4n) is 1.47. The first kappa shape index (κ1) is 13.7. The van der Waals surface area contributed by atoms with Crippen LogP contribution < -0.4 is 5.32 Å². The molecule has 0 aliphatic heterocycles. The minimum atomic E-state index is 0.349. The van der Waals surface area contributed by atoms with Crippen LogP contribution in [-0.2, 0) is 11.2 Å². The molecule has 0 bridgehead atoms. The van der Waals surface area contributed by atoms with Crippen molar-refractivity contribution in [2.75, 3.05) is 13.2 Å². The average molecular weight is 241 g/mol. The summed E-state index contributed by atoms with van der Waals surface area (Å²) in [5, 5.41) is 5.54. The van der Waals surface area contributed by atoms with Gasteiger partial charge in [0.15, 0.2) is 0 Å². The van der Waals surface area contributed by atoms with Crippen molar-refractivity contribution >= 4 is 11.3 Å². The lowest BCUT2D eigenvalue weighted by atomic mass is 10.2. The van der Waals surface area contributed by atoms with Crippen LogP contribution in [0.5, 0.6) is 0 Å². The Morgan fingerprint density at radius 3 is 2.81 bits per heavy atom. The van der Waals surface area contributed by atoms with Gasteiger partial charge < -0.3 is 10.1 Å². The molecular formula is C13H23NOS. The van der Waals surface area contributed by atoms with Crippen LogP contribution in [0.3, 0.4) is 0 Å². The Labute approximate surface area is 103 Å². The van der Waals surface area contributed by atoms with Gasteiger partial charge >= 0.3 is 0 Å². The average Bonchev–Trinajstić information content (AvgIpc) is 2.75. The van der Waals surface area contributed by atoms with E-state index >= 15 is 0 Å². The zero-order valence-corrected chi connectivity index (χ0v) is 11.3. The summed E-state index contributed by atoms with van der Waals surface area (Å²) in [6.07, 6.45) is 2.46. The van der Waals surface area contributed by atoms with Crippen molar-refractivity contribution in [1.82, 2.24) is 5.32 Å². The van der Waals surface area contributed by atoms with Crippen LogP contribution in [0.2, 0.25) is 0 Å². The highest BCUT2D eigenvalue weighted by atomic mass is 32.1. The number of rotatable bonds is 8. The molecule has 0 aliphatic rings. The first-order valence-corrected chi connectivity index (χ1v) is 6.97. The highest BCUT2D eigenvalue weighted by molar-refractivity contribution is 7.09. The molecule has 0 saturated heterocycles. The third-order valence-corrected chi connectivity index (χ3v) is 3.43. The summed E-state index contributed by atoms with van der Waals surface area (Å²) in [7, 11) is 0. The van der Waals surface area contributed by atoms with Gasteiger partial charge in [-0.3, -0.25) is 0 Å². The van der Waals surface area contributed by atoms with Gasteiger partial charge in [-0.05, 0) is 17.9 Å². The quantitative estimate of drug-likeness (QED) is 0.755. The predicted octanol–water partition coefficient (Wildman–Crippen LogP) is 3.08. The molecule has 1 N–H and O–H groups in total. The van der Waals surface area contributed by atoms with Crippen LogP contribution in [0.1, 0.15) is 32.1 Å². The van der Waals surface area contributed by atoms with Crippen molar-refractivity contribution in [1.29, 1.82) is 0 Å². The van der Waals surface area contributed by atoms with Gasteiger partial charge in [0.25, 0.3) is 0 Å². The molecule has 92 valence electrons. The maximum atomic E-state index is 5.86. The first-order valence-electron chi connectivity index (χ1n) is 6.09. The van der Waals surface area contributed by atoms with E-state index in [1.807, 2.05) is 0 Å². The summed E-state index contributed by atoms with van der Waals surface area (Å²) in [6.45, 7) is 8.30. The molecule has 1 unspecified atom stereocenters. The zero-order valence-electron chi connectivity index (χ0n) is 10.5. The maximum absolute atomic E-state index is 5.86. The molecule has 0 radical (unpaired) electrons. The van der Waals surface area contributed by atoms with Crippen molar-refractivity contribution in [3.8, 4) is 0 Å². The second-order valence-electron chi connectivity index (χ2n) is 4.29. The lowest BCUT2D eigenvalue weighted by molar-refractivity contribution is 0.0519. The van der Waals surface area contributed by atoms with E-state index < -0.39 is 0 Å². The Morgan fingerprint density at radius 1 is 1.44 bits per heavy atom. The fourth-order valence-corrected chi connectivity index (χ4v) is 2.16. The third-order valence-electron chi connectivity index (χ3n) is 2.49. The second kappa shape index (κ2) is 7.82. The Hall–Kier alpha value is -0.380. The van der Waals surface area contributed by atoms with E-state index in [1.54, 1.807) is 11.3 Å². The number of thiophene rings is 1. The lowest BCUT2D eigenvalue weighted by Crippen LogP contribution is -2.33. The number of hydrogen-bond donors (Lipinski definition) is 1. The smallest absolute Gasteiger partial charge is 0.0697 e. The first-order chi connectivity index (χ1) is 7.72. The Morgan fingerprint density at radius 2 is 2.25 bits per heavy atom. The molecule has 2 nitrogen and oxygen atoms in total. The summed E-state index contributed by atoms with van der Waals surface area (Å²) in [5.74, 6) is 0. The molecule has 1 aromatic rings. The van der Waals surface area contributed by atoms with E-state index in [1.165, 1.54) is 4.88 Å². The van der Waals surface area contributed by atoms with Crippen LogP contribution in [-0.4, -0.2) is 25.3 Å². The minimum Gasteiger partial charge on any atom is -0.377 e. The molecular weight excluding hydrogens is 218 g/mol. The summed E-state index contributed by atoms with van der Waals surface area (Å²) in [6, 6.07) is 4.80. The van der Waals surface area contributed by atoms with E-state index in [4.69, 9.17) is 4.74 Å². The van der Waals surface area contributed by atoms with Gasteiger partial charge in [0.05, 0.1) is 12.7 Å². The summed E-state index contributed by atoms with van der Waals surface area (Å²) >= 11 is 1.80. The van der Waals surface area contributed by atoms with Crippen molar-refractivity contribution in [2.24, 2.45) is 0 Å². The lowest BCUT2D eigenvalue weighted by Gasteiger charge is -2.18. The van der Waals surface area contributed by atoms with Gasteiger partial charge in [-0.1, -0.05) is 26.8 Å². The molecule has 0 aromatic carbocycles. The topological polar surface area (TPSA) is 21.3 Å². The monoisotopic (exact) mass is 241 g/mol. The van der Waals surface area contributed by atoms with Crippen LogP contribution >= 0.6 is 11.3 Å². The van der Waals surface area contributed by atoms with Gasteiger partial charge in [-0.2, -0.15) is 0 Å². The molecule has 1 heterocycles. The SMILES string of the molecule is CCC(CNC(C)C)OCCc1cccs1. The molecule has 0 saturated carbocycles. The molecule has 0 amide bonds. The molecule has 0 aliphatic carbocycles. The van der Waals surface area contributed by atoms with Gasteiger partial charge in [0.1, 0.15) is 0 Å². The van der Waals surface area contributed by atoms with E-state index in [0.717, 1.165) is 26.0 Å². The number of ether oxygens (including phenoxy) is 1. The molecule has 1 rings (SSSR count). The predicted molar refractivity (Wildman–Crippen MR) is 71.2 cm³/mol. The summed E-state index contributed by atoms with van der Waals surface area (Å²) < 4.78 is 5.86. The highest BCUT2D eigenvalue weighted by Gasteiger charge is 2.06. The van der Waals surface area contributed by atoms with E-state index in [-0.39, 0.29) is 0 Å². The highest BCUT2D eigenvalue weighted by Crippen LogP contribution is 2.09. The fraction of sp³-hybridized carbons (Fsp3) is 0.692. The van der Waals surface area contributed by atoms with Crippen molar-refractivity contribution < 1.29 is 4.74 Å². The van der Waals surface area contributed by atoms with Gasteiger partial charge in [-0.25, -0.2) is 0 Å². The molecule has 1 aromatic heterocycles. The molecule has 0 fully saturated rings. The Kier molecular flexibility index (Phi) is 6.69. The van der Waals surface area contributed by atoms with Crippen LogP contribution in [0, 0.1) is 0 Å². The van der Waals surface area contributed by atoms with Crippen molar-refractivity contribution in [3.05, 3.63) is 22.4 Å². The van der Waals surface area contributed by atoms with Crippen LogP contribution in [0.25, 0.3) is 0 Å². The standard InChI is InChI=1S/C13H23NOS/c1-4-12(10-14-11(2)3)15-8-7-13-6-5-9-16-13/h5-6,9,11-12,14H,4,7-8,10H2,1-3H3. The van der Waals surface area contributed by atoms with E-state index in [0.29, 0.717) is 12.1 Å². The zero-order chi connectivity index (χ0) is 11.8. The third kappa shape index (κ3) is 5.64. The number of nitrogens with one attached hydrogen (secondary N) is 1. The van der Waals surface area contributed by atoms with Crippen LogP contribution in [0.4, 0.5) is 0 Å². The van der Waals surface area contributed by atoms with Gasteiger partial charge in [-0.15, -0.1) is 11.3 Å².